The molecule has 0 bridgehead atoms. The maximum absolute atomic E-state index is 12.5. The maximum Gasteiger partial charge on any atom is 0.260 e. The van der Waals surface area contributed by atoms with E-state index in [-0.39, 0.29) is 11.9 Å². The lowest BCUT2D eigenvalue weighted by Gasteiger charge is -2.23. The van der Waals surface area contributed by atoms with Crippen molar-refractivity contribution in [1.29, 1.82) is 0 Å². The molecule has 0 saturated heterocycles. The molecule has 2 aromatic carbocycles. The van der Waals surface area contributed by atoms with Crippen LogP contribution in [0.1, 0.15) is 49.8 Å². The van der Waals surface area contributed by atoms with E-state index in [0.717, 1.165) is 31.4 Å². The Morgan fingerprint density at radius 2 is 1.81 bits per heavy atom. The van der Waals surface area contributed by atoms with Crippen LogP contribution in [0.25, 0.3) is 0 Å². The van der Waals surface area contributed by atoms with Crippen LogP contribution in [0.4, 0.5) is 0 Å². The molecule has 0 spiro atoms. The summed E-state index contributed by atoms with van der Waals surface area (Å²) in [5.41, 5.74) is 3.96. The molecule has 0 radical (unpaired) electrons. The summed E-state index contributed by atoms with van der Waals surface area (Å²) in [4.78, 5) is 12.5. The molecule has 2 atom stereocenters. The Kier molecular flexibility index (Phi) is 6.32. The van der Waals surface area contributed by atoms with E-state index in [4.69, 9.17) is 4.74 Å². The SMILES string of the molecule is C[C@H](CCc1ccccc1)NC(=O)[C@@H](C)Oc1cccc2c1CCCC2. The highest BCUT2D eigenvalue weighted by Crippen LogP contribution is 2.30. The van der Waals surface area contributed by atoms with Gasteiger partial charge in [0, 0.05) is 6.04 Å². The molecular formula is C23H29NO2. The number of aryl methyl sites for hydroxylation is 2. The van der Waals surface area contributed by atoms with Gasteiger partial charge in [0.15, 0.2) is 6.10 Å². The van der Waals surface area contributed by atoms with E-state index in [0.29, 0.717) is 0 Å². The molecule has 0 aromatic heterocycles. The van der Waals surface area contributed by atoms with E-state index in [9.17, 15) is 4.79 Å². The zero-order valence-electron chi connectivity index (χ0n) is 15.8. The molecule has 1 aliphatic rings. The van der Waals surface area contributed by atoms with Gasteiger partial charge in [0.05, 0.1) is 0 Å². The molecule has 0 saturated carbocycles. The van der Waals surface area contributed by atoms with Crippen LogP contribution in [-0.2, 0) is 24.1 Å². The fourth-order valence-corrected chi connectivity index (χ4v) is 3.56. The van der Waals surface area contributed by atoms with Gasteiger partial charge in [-0.2, -0.15) is 0 Å². The predicted molar refractivity (Wildman–Crippen MR) is 106 cm³/mol. The van der Waals surface area contributed by atoms with Gasteiger partial charge in [-0.05, 0) is 75.1 Å². The highest BCUT2D eigenvalue weighted by Gasteiger charge is 2.20. The van der Waals surface area contributed by atoms with Crippen molar-refractivity contribution in [2.24, 2.45) is 0 Å². The monoisotopic (exact) mass is 351 g/mol. The first-order valence-electron chi connectivity index (χ1n) is 9.75. The maximum atomic E-state index is 12.5. The lowest BCUT2D eigenvalue weighted by atomic mass is 9.91. The summed E-state index contributed by atoms with van der Waals surface area (Å²) in [5.74, 6) is 0.834. The molecule has 0 fully saturated rings. The van der Waals surface area contributed by atoms with E-state index >= 15 is 0 Å². The predicted octanol–water partition coefficient (Wildman–Crippen LogP) is 4.47. The van der Waals surface area contributed by atoms with Crippen molar-refractivity contribution in [2.75, 3.05) is 0 Å². The van der Waals surface area contributed by atoms with Crippen LogP contribution >= 0.6 is 0 Å². The van der Waals surface area contributed by atoms with Gasteiger partial charge in [-0.25, -0.2) is 0 Å². The third-order valence-corrected chi connectivity index (χ3v) is 5.12. The number of fused-ring (bicyclic) bond motifs is 1. The molecule has 1 amide bonds. The molecule has 3 nitrogen and oxygen atoms in total. The second-order valence-corrected chi connectivity index (χ2v) is 7.29. The van der Waals surface area contributed by atoms with Crippen LogP contribution in [-0.4, -0.2) is 18.1 Å². The van der Waals surface area contributed by atoms with Crippen molar-refractivity contribution >= 4 is 5.91 Å². The first-order chi connectivity index (χ1) is 12.6. The van der Waals surface area contributed by atoms with E-state index < -0.39 is 6.10 Å². The molecule has 1 N–H and O–H groups in total. The smallest absolute Gasteiger partial charge is 0.260 e. The molecule has 3 rings (SSSR count). The van der Waals surface area contributed by atoms with Crippen LogP contribution in [0.2, 0.25) is 0 Å². The van der Waals surface area contributed by atoms with Gasteiger partial charge >= 0.3 is 0 Å². The van der Waals surface area contributed by atoms with Gasteiger partial charge in [0.1, 0.15) is 5.75 Å². The van der Waals surface area contributed by atoms with E-state index in [1.165, 1.54) is 29.5 Å². The Morgan fingerprint density at radius 3 is 2.62 bits per heavy atom. The number of amides is 1. The summed E-state index contributed by atoms with van der Waals surface area (Å²) in [6, 6.07) is 16.7. The summed E-state index contributed by atoms with van der Waals surface area (Å²) in [6.45, 7) is 3.89. The minimum atomic E-state index is -0.484. The largest absolute Gasteiger partial charge is 0.481 e. The van der Waals surface area contributed by atoms with Gasteiger partial charge < -0.3 is 10.1 Å². The van der Waals surface area contributed by atoms with Crippen LogP contribution in [0.5, 0.6) is 5.75 Å². The van der Waals surface area contributed by atoms with Crippen LogP contribution in [0.15, 0.2) is 48.5 Å². The van der Waals surface area contributed by atoms with E-state index in [1.54, 1.807) is 0 Å². The molecule has 0 unspecified atom stereocenters. The zero-order valence-corrected chi connectivity index (χ0v) is 15.8. The highest BCUT2D eigenvalue weighted by molar-refractivity contribution is 5.81. The number of hydrogen-bond donors (Lipinski definition) is 1. The Bertz CT molecular complexity index is 726. The molecule has 2 aromatic rings. The van der Waals surface area contributed by atoms with Crippen molar-refractivity contribution in [3.63, 3.8) is 0 Å². The molecule has 0 heterocycles. The second kappa shape index (κ2) is 8.88. The van der Waals surface area contributed by atoms with Crippen molar-refractivity contribution in [2.45, 2.75) is 64.5 Å². The average molecular weight is 351 g/mol. The van der Waals surface area contributed by atoms with E-state index in [2.05, 4.69) is 42.6 Å². The number of carbonyl (C=O) groups is 1. The first kappa shape index (κ1) is 18.5. The standard InChI is InChI=1S/C23H29NO2/c1-17(15-16-19-9-4-3-5-10-19)24-23(25)18(2)26-22-14-8-12-20-11-6-7-13-21(20)22/h3-5,8-10,12,14,17-18H,6-7,11,13,15-16H2,1-2H3,(H,24,25)/t17-,18-/m1/s1. The van der Waals surface area contributed by atoms with Gasteiger partial charge in [0.2, 0.25) is 0 Å². The lowest BCUT2D eigenvalue weighted by molar-refractivity contribution is -0.127. The summed E-state index contributed by atoms with van der Waals surface area (Å²) in [7, 11) is 0. The van der Waals surface area contributed by atoms with Crippen molar-refractivity contribution in [3.8, 4) is 5.75 Å². The summed E-state index contributed by atoms with van der Waals surface area (Å²) < 4.78 is 6.03. The van der Waals surface area contributed by atoms with Crippen LogP contribution < -0.4 is 10.1 Å². The normalized spacial score (nSPS) is 15.6. The molecule has 0 aliphatic heterocycles. The molecule has 138 valence electrons. The van der Waals surface area contributed by atoms with Crippen molar-refractivity contribution in [1.82, 2.24) is 5.32 Å². The van der Waals surface area contributed by atoms with Crippen LogP contribution in [0, 0.1) is 0 Å². The number of ether oxygens (including phenoxy) is 1. The van der Waals surface area contributed by atoms with Crippen molar-refractivity contribution < 1.29 is 9.53 Å². The van der Waals surface area contributed by atoms with Gasteiger partial charge in [-0.15, -0.1) is 0 Å². The number of carbonyl (C=O) groups excluding carboxylic acids is 1. The number of nitrogens with one attached hydrogen (secondary N) is 1. The van der Waals surface area contributed by atoms with Gasteiger partial charge in [-0.3, -0.25) is 4.79 Å². The minimum Gasteiger partial charge on any atom is -0.481 e. The van der Waals surface area contributed by atoms with Crippen molar-refractivity contribution in [3.05, 3.63) is 65.2 Å². The molecule has 1 aliphatic carbocycles. The fraction of sp³-hybridized carbons (Fsp3) is 0.435. The number of hydrogen-bond acceptors (Lipinski definition) is 2. The Labute approximate surface area is 156 Å². The Balaban J connectivity index is 1.51. The Hall–Kier alpha value is -2.29. The second-order valence-electron chi connectivity index (χ2n) is 7.29. The van der Waals surface area contributed by atoms with Gasteiger partial charge in [-0.1, -0.05) is 42.5 Å². The summed E-state index contributed by atoms with van der Waals surface area (Å²) in [6.07, 6.45) is 6.00. The van der Waals surface area contributed by atoms with Gasteiger partial charge in [0.25, 0.3) is 5.91 Å². The lowest BCUT2D eigenvalue weighted by Crippen LogP contribution is -2.41. The third-order valence-electron chi connectivity index (χ3n) is 5.12. The molecule has 3 heteroatoms. The van der Waals surface area contributed by atoms with Crippen LogP contribution in [0.3, 0.4) is 0 Å². The molecular weight excluding hydrogens is 322 g/mol. The fourth-order valence-electron chi connectivity index (χ4n) is 3.56. The highest BCUT2D eigenvalue weighted by atomic mass is 16.5. The summed E-state index contributed by atoms with van der Waals surface area (Å²) in [5, 5.41) is 3.09. The number of rotatable bonds is 7. The average Bonchev–Trinajstić information content (AvgIpc) is 2.67. The third kappa shape index (κ3) is 4.87. The topological polar surface area (TPSA) is 38.3 Å². The zero-order chi connectivity index (χ0) is 18.4. The minimum absolute atomic E-state index is 0.0426. The quantitative estimate of drug-likeness (QED) is 0.799. The first-order valence-corrected chi connectivity index (χ1v) is 9.75. The molecule has 26 heavy (non-hydrogen) atoms. The number of benzene rings is 2. The Morgan fingerprint density at radius 1 is 1.04 bits per heavy atom. The van der Waals surface area contributed by atoms with E-state index in [1.807, 2.05) is 25.1 Å². The summed E-state index contributed by atoms with van der Waals surface area (Å²) >= 11 is 0.